The van der Waals surface area contributed by atoms with E-state index < -0.39 is 17.6 Å². The van der Waals surface area contributed by atoms with Crippen LogP contribution in [0.1, 0.15) is 18.6 Å². The zero-order valence-electron chi connectivity index (χ0n) is 14.3. The molecule has 2 aliphatic rings. The zero-order chi connectivity index (χ0) is 19.0. The second kappa shape index (κ2) is 6.96. The van der Waals surface area contributed by atoms with E-state index >= 15 is 0 Å². The van der Waals surface area contributed by atoms with Crippen LogP contribution in [0.25, 0.3) is 6.08 Å². The predicted octanol–water partition coefficient (Wildman–Crippen LogP) is 2.85. The molecule has 2 aromatic rings. The highest BCUT2D eigenvalue weighted by Gasteiger charge is 2.36. The highest BCUT2D eigenvalue weighted by molar-refractivity contribution is 7.80. The molecule has 27 heavy (non-hydrogen) atoms. The van der Waals surface area contributed by atoms with E-state index in [0.29, 0.717) is 11.6 Å². The summed E-state index contributed by atoms with van der Waals surface area (Å²) in [6, 6.07) is 9.24. The van der Waals surface area contributed by atoms with Crippen molar-refractivity contribution in [3.63, 3.8) is 0 Å². The summed E-state index contributed by atoms with van der Waals surface area (Å²) in [6.07, 6.45) is 3.56. The number of carbonyl (C=O) groups is 2. The Balaban J connectivity index is 1.66. The van der Waals surface area contributed by atoms with Crippen LogP contribution in [0.5, 0.6) is 0 Å². The SMILES string of the molecule is O=C1NC(=S)N(c2ccccc2F)C(=O)/C1=C/c1ccc(N2CCCC2)o1. The van der Waals surface area contributed by atoms with Gasteiger partial charge in [-0.2, -0.15) is 0 Å². The molecule has 6 nitrogen and oxygen atoms in total. The molecule has 4 rings (SSSR count). The summed E-state index contributed by atoms with van der Waals surface area (Å²) in [7, 11) is 0. The van der Waals surface area contributed by atoms with Gasteiger partial charge in [0.15, 0.2) is 11.0 Å². The largest absolute Gasteiger partial charge is 0.441 e. The summed E-state index contributed by atoms with van der Waals surface area (Å²) in [6.45, 7) is 1.83. The molecule has 2 amide bonds. The third kappa shape index (κ3) is 3.23. The molecule has 2 aliphatic heterocycles. The maximum Gasteiger partial charge on any atom is 0.270 e. The van der Waals surface area contributed by atoms with Gasteiger partial charge in [0.25, 0.3) is 11.8 Å². The topological polar surface area (TPSA) is 65.8 Å². The first-order valence-electron chi connectivity index (χ1n) is 8.55. The van der Waals surface area contributed by atoms with Gasteiger partial charge < -0.3 is 9.32 Å². The van der Waals surface area contributed by atoms with Gasteiger partial charge in [0.05, 0.1) is 5.69 Å². The van der Waals surface area contributed by atoms with E-state index in [2.05, 4.69) is 10.2 Å². The molecule has 2 fully saturated rings. The van der Waals surface area contributed by atoms with E-state index in [-0.39, 0.29) is 16.4 Å². The van der Waals surface area contributed by atoms with E-state index in [4.69, 9.17) is 16.6 Å². The average Bonchev–Trinajstić information content (AvgIpc) is 3.31. The highest BCUT2D eigenvalue weighted by Crippen LogP contribution is 2.27. The van der Waals surface area contributed by atoms with E-state index in [9.17, 15) is 14.0 Å². The minimum absolute atomic E-state index is 0.0180. The Morgan fingerprint density at radius 1 is 1.11 bits per heavy atom. The quantitative estimate of drug-likeness (QED) is 0.500. The van der Waals surface area contributed by atoms with Crippen molar-refractivity contribution in [2.24, 2.45) is 0 Å². The van der Waals surface area contributed by atoms with Crippen molar-refractivity contribution in [1.82, 2.24) is 5.32 Å². The molecular weight excluding hydrogens is 369 g/mol. The number of halogens is 1. The maximum atomic E-state index is 14.1. The third-order valence-electron chi connectivity index (χ3n) is 4.51. The van der Waals surface area contributed by atoms with Gasteiger partial charge in [-0.05, 0) is 49.3 Å². The maximum absolute atomic E-state index is 14.1. The van der Waals surface area contributed by atoms with E-state index in [1.54, 1.807) is 12.1 Å². The molecule has 0 saturated carbocycles. The lowest BCUT2D eigenvalue weighted by Crippen LogP contribution is -2.54. The van der Waals surface area contributed by atoms with Crippen molar-refractivity contribution in [3.8, 4) is 0 Å². The minimum atomic E-state index is -0.701. The molecule has 1 aromatic carbocycles. The number of carbonyl (C=O) groups excluding carboxylic acids is 2. The molecule has 0 bridgehead atoms. The first-order valence-corrected chi connectivity index (χ1v) is 8.96. The second-order valence-electron chi connectivity index (χ2n) is 6.28. The van der Waals surface area contributed by atoms with Crippen molar-refractivity contribution >= 4 is 46.8 Å². The van der Waals surface area contributed by atoms with Crippen molar-refractivity contribution in [1.29, 1.82) is 0 Å². The fraction of sp³-hybridized carbons (Fsp3) is 0.211. The predicted molar refractivity (Wildman–Crippen MR) is 103 cm³/mol. The molecule has 0 unspecified atom stereocenters. The number of nitrogens with one attached hydrogen (secondary N) is 1. The summed E-state index contributed by atoms with van der Waals surface area (Å²) in [5.74, 6) is -0.885. The van der Waals surface area contributed by atoms with Gasteiger partial charge in [-0.1, -0.05) is 12.1 Å². The Bertz CT molecular complexity index is 963. The zero-order valence-corrected chi connectivity index (χ0v) is 15.1. The highest BCUT2D eigenvalue weighted by atomic mass is 32.1. The first-order chi connectivity index (χ1) is 13.0. The lowest BCUT2D eigenvalue weighted by Gasteiger charge is -2.28. The van der Waals surface area contributed by atoms with Crippen LogP contribution in [0.3, 0.4) is 0 Å². The van der Waals surface area contributed by atoms with Crippen LogP contribution in [0, 0.1) is 5.82 Å². The molecule has 2 saturated heterocycles. The van der Waals surface area contributed by atoms with E-state index in [0.717, 1.165) is 30.8 Å². The molecule has 0 atom stereocenters. The second-order valence-corrected chi connectivity index (χ2v) is 6.67. The number of amides is 2. The van der Waals surface area contributed by atoms with Crippen LogP contribution in [0.15, 0.2) is 46.4 Å². The van der Waals surface area contributed by atoms with Gasteiger partial charge >= 0.3 is 0 Å². The monoisotopic (exact) mass is 385 g/mol. The summed E-state index contributed by atoms with van der Waals surface area (Å²) in [4.78, 5) is 28.2. The Labute approximate surface area is 160 Å². The number of hydrogen-bond acceptors (Lipinski definition) is 5. The van der Waals surface area contributed by atoms with Crippen molar-refractivity contribution < 1.29 is 18.4 Å². The molecule has 138 valence electrons. The van der Waals surface area contributed by atoms with Gasteiger partial charge in [0.1, 0.15) is 17.2 Å². The van der Waals surface area contributed by atoms with Crippen molar-refractivity contribution in [2.75, 3.05) is 22.9 Å². The van der Waals surface area contributed by atoms with Crippen LogP contribution in [0.4, 0.5) is 16.0 Å². The van der Waals surface area contributed by atoms with Crippen LogP contribution >= 0.6 is 12.2 Å². The van der Waals surface area contributed by atoms with Crippen molar-refractivity contribution in [3.05, 3.63) is 53.5 Å². The number of para-hydroxylation sites is 1. The summed E-state index contributed by atoms with van der Waals surface area (Å²) in [5.41, 5.74) is -0.190. The smallest absolute Gasteiger partial charge is 0.270 e. The Kier molecular flexibility index (Phi) is 4.49. The number of rotatable bonds is 3. The Morgan fingerprint density at radius 3 is 2.59 bits per heavy atom. The molecule has 1 N–H and O–H groups in total. The van der Waals surface area contributed by atoms with Crippen LogP contribution in [-0.4, -0.2) is 30.0 Å². The minimum Gasteiger partial charge on any atom is -0.441 e. The van der Waals surface area contributed by atoms with Gasteiger partial charge in [-0.25, -0.2) is 9.29 Å². The molecule has 0 spiro atoms. The number of hydrogen-bond donors (Lipinski definition) is 1. The van der Waals surface area contributed by atoms with Gasteiger partial charge in [-0.15, -0.1) is 0 Å². The van der Waals surface area contributed by atoms with Crippen molar-refractivity contribution in [2.45, 2.75) is 12.8 Å². The van der Waals surface area contributed by atoms with Gasteiger partial charge in [-0.3, -0.25) is 14.9 Å². The Morgan fingerprint density at radius 2 is 1.85 bits per heavy atom. The summed E-state index contributed by atoms with van der Waals surface area (Å²) < 4.78 is 19.9. The molecule has 3 heterocycles. The molecule has 0 aliphatic carbocycles. The molecule has 0 radical (unpaired) electrons. The first kappa shape index (κ1) is 17.4. The molecular formula is C19H16FN3O3S. The van der Waals surface area contributed by atoms with Crippen LogP contribution in [0.2, 0.25) is 0 Å². The summed E-state index contributed by atoms with van der Waals surface area (Å²) in [5, 5.41) is 2.27. The lowest BCUT2D eigenvalue weighted by molar-refractivity contribution is -0.122. The van der Waals surface area contributed by atoms with Gasteiger partial charge in [0.2, 0.25) is 0 Å². The molecule has 8 heteroatoms. The lowest BCUT2D eigenvalue weighted by atomic mass is 10.1. The fourth-order valence-corrected chi connectivity index (χ4v) is 3.45. The molecule has 1 aromatic heterocycles. The number of furan rings is 1. The number of anilines is 2. The standard InChI is InChI=1S/C19H16FN3O3S/c20-14-5-1-2-6-15(14)23-18(25)13(17(24)21-19(23)27)11-12-7-8-16(26-12)22-9-3-4-10-22/h1-2,5-8,11H,3-4,9-10H2,(H,21,24,27)/b13-11+. The van der Waals surface area contributed by atoms with Crippen LogP contribution < -0.4 is 15.1 Å². The Hall–Kier alpha value is -3.00. The van der Waals surface area contributed by atoms with E-state index in [1.807, 2.05) is 6.07 Å². The third-order valence-corrected chi connectivity index (χ3v) is 4.80. The van der Waals surface area contributed by atoms with E-state index in [1.165, 1.54) is 24.3 Å². The average molecular weight is 385 g/mol. The number of benzene rings is 1. The summed E-state index contributed by atoms with van der Waals surface area (Å²) >= 11 is 5.07. The number of thiocarbonyl (C=S) groups is 1. The number of nitrogens with zero attached hydrogens (tertiary/aromatic N) is 2. The normalized spacial score (nSPS) is 19.1. The fourth-order valence-electron chi connectivity index (χ4n) is 3.18. The van der Waals surface area contributed by atoms with Crippen LogP contribution in [-0.2, 0) is 9.59 Å². The van der Waals surface area contributed by atoms with Gasteiger partial charge in [0, 0.05) is 19.2 Å².